The van der Waals surface area contributed by atoms with Crippen LogP contribution in [0.15, 0.2) is 29.5 Å². The fraction of sp³-hybridized carbons (Fsp3) is 0.333. The zero-order valence-electron chi connectivity index (χ0n) is 14.6. The van der Waals surface area contributed by atoms with Crippen molar-refractivity contribution in [3.05, 3.63) is 36.0 Å². The molecular weight excluding hydrogens is 319 g/mol. The van der Waals surface area contributed by atoms with Gasteiger partial charge in [-0.3, -0.25) is 4.99 Å². The summed E-state index contributed by atoms with van der Waals surface area (Å²) in [6.45, 7) is 6.32. The van der Waals surface area contributed by atoms with Crippen LogP contribution in [0.25, 0.3) is 16.8 Å². The third kappa shape index (κ3) is 2.38. The molecule has 0 fully saturated rings. The summed E-state index contributed by atoms with van der Waals surface area (Å²) in [5, 5.41) is 7.08. The first-order chi connectivity index (χ1) is 12.0. The number of nitrogens with one attached hydrogen (secondary N) is 1. The average Bonchev–Trinajstić information content (AvgIpc) is 3.08. The Bertz CT molecular complexity index is 1000. The molecule has 0 aliphatic carbocycles. The number of aliphatic imine (C=N–C) groups is 1. The topological polar surface area (TPSA) is 67.5 Å². The molecule has 0 spiro atoms. The van der Waals surface area contributed by atoms with Crippen molar-refractivity contribution < 1.29 is 4.39 Å². The SMILES string of the molecule is CNc1ncc2c(-c3ccc4c(n3)C(C(C)C)C(C)=N4)c(F)cn2n1. The molecule has 0 radical (unpaired) electrons. The van der Waals surface area contributed by atoms with Crippen molar-refractivity contribution in [2.24, 2.45) is 10.9 Å². The van der Waals surface area contributed by atoms with Gasteiger partial charge in [0.25, 0.3) is 0 Å². The zero-order valence-corrected chi connectivity index (χ0v) is 14.6. The second-order valence-corrected chi connectivity index (χ2v) is 6.59. The summed E-state index contributed by atoms with van der Waals surface area (Å²) in [5.74, 6) is 0.607. The summed E-state index contributed by atoms with van der Waals surface area (Å²) in [6, 6.07) is 3.72. The lowest BCUT2D eigenvalue weighted by molar-refractivity contribution is 0.598. The number of nitrogens with zero attached hydrogens (tertiary/aromatic N) is 5. The largest absolute Gasteiger partial charge is 0.356 e. The van der Waals surface area contributed by atoms with Crippen LogP contribution in [0.1, 0.15) is 32.4 Å². The van der Waals surface area contributed by atoms with E-state index in [0.717, 1.165) is 17.1 Å². The van der Waals surface area contributed by atoms with Crippen LogP contribution in [-0.2, 0) is 0 Å². The van der Waals surface area contributed by atoms with Gasteiger partial charge in [0.15, 0.2) is 5.82 Å². The van der Waals surface area contributed by atoms with Crippen LogP contribution in [-0.4, -0.2) is 32.3 Å². The molecule has 4 rings (SSSR count). The van der Waals surface area contributed by atoms with Crippen LogP contribution >= 0.6 is 0 Å². The van der Waals surface area contributed by atoms with E-state index < -0.39 is 0 Å². The molecule has 1 N–H and O–H groups in total. The number of anilines is 1. The Morgan fingerprint density at radius 1 is 1.28 bits per heavy atom. The minimum atomic E-state index is -0.369. The van der Waals surface area contributed by atoms with Gasteiger partial charge in [0, 0.05) is 18.7 Å². The Kier molecular flexibility index (Phi) is 3.52. The fourth-order valence-corrected chi connectivity index (χ4v) is 3.49. The van der Waals surface area contributed by atoms with Gasteiger partial charge < -0.3 is 5.32 Å². The van der Waals surface area contributed by atoms with E-state index in [1.165, 1.54) is 10.7 Å². The minimum Gasteiger partial charge on any atom is -0.356 e. The molecule has 25 heavy (non-hydrogen) atoms. The minimum absolute atomic E-state index is 0.166. The Hall–Kier alpha value is -2.83. The van der Waals surface area contributed by atoms with E-state index >= 15 is 0 Å². The number of pyridine rings is 1. The van der Waals surface area contributed by atoms with Gasteiger partial charge in [-0.2, -0.15) is 0 Å². The van der Waals surface area contributed by atoms with Crippen LogP contribution in [0, 0.1) is 11.7 Å². The third-order valence-corrected chi connectivity index (χ3v) is 4.58. The highest BCUT2D eigenvalue weighted by Crippen LogP contribution is 2.40. The summed E-state index contributed by atoms with van der Waals surface area (Å²) in [6.07, 6.45) is 2.96. The Labute approximate surface area is 144 Å². The maximum atomic E-state index is 14.6. The second-order valence-electron chi connectivity index (χ2n) is 6.59. The second kappa shape index (κ2) is 5.61. The van der Waals surface area contributed by atoms with Crippen molar-refractivity contribution in [2.75, 3.05) is 12.4 Å². The van der Waals surface area contributed by atoms with E-state index in [0.29, 0.717) is 28.6 Å². The van der Waals surface area contributed by atoms with Crippen LogP contribution in [0.2, 0.25) is 0 Å². The highest BCUT2D eigenvalue weighted by Gasteiger charge is 2.29. The zero-order chi connectivity index (χ0) is 17.7. The van der Waals surface area contributed by atoms with E-state index in [4.69, 9.17) is 4.98 Å². The van der Waals surface area contributed by atoms with Gasteiger partial charge in [0.2, 0.25) is 5.95 Å². The summed E-state index contributed by atoms with van der Waals surface area (Å²) >= 11 is 0. The molecule has 128 valence electrons. The fourth-order valence-electron chi connectivity index (χ4n) is 3.49. The molecule has 1 aliphatic heterocycles. The summed E-state index contributed by atoms with van der Waals surface area (Å²) in [7, 11) is 1.72. The normalized spacial score (nSPS) is 16.4. The van der Waals surface area contributed by atoms with Crippen molar-refractivity contribution >= 4 is 22.9 Å². The molecule has 1 aliphatic rings. The summed E-state index contributed by atoms with van der Waals surface area (Å²) < 4.78 is 16.1. The summed E-state index contributed by atoms with van der Waals surface area (Å²) in [4.78, 5) is 13.6. The molecule has 3 aromatic rings. The summed E-state index contributed by atoms with van der Waals surface area (Å²) in [5.41, 5.74) is 4.42. The van der Waals surface area contributed by atoms with E-state index in [1.807, 2.05) is 19.1 Å². The Morgan fingerprint density at radius 3 is 2.80 bits per heavy atom. The maximum Gasteiger partial charge on any atom is 0.240 e. The molecule has 6 nitrogen and oxygen atoms in total. The maximum absolute atomic E-state index is 14.6. The molecule has 0 bridgehead atoms. The van der Waals surface area contributed by atoms with Crippen molar-refractivity contribution in [1.29, 1.82) is 0 Å². The highest BCUT2D eigenvalue weighted by molar-refractivity contribution is 5.96. The van der Waals surface area contributed by atoms with Gasteiger partial charge in [0.05, 0.1) is 40.5 Å². The molecular formula is C18H19FN6. The van der Waals surface area contributed by atoms with E-state index in [2.05, 4.69) is 34.2 Å². The quantitative estimate of drug-likeness (QED) is 0.788. The van der Waals surface area contributed by atoms with Gasteiger partial charge >= 0.3 is 0 Å². The first-order valence-corrected chi connectivity index (χ1v) is 8.27. The van der Waals surface area contributed by atoms with Crippen LogP contribution in [0.5, 0.6) is 0 Å². The smallest absolute Gasteiger partial charge is 0.240 e. The molecule has 0 saturated heterocycles. The van der Waals surface area contributed by atoms with Crippen LogP contribution < -0.4 is 5.32 Å². The number of hydrogen-bond donors (Lipinski definition) is 1. The number of fused-ring (bicyclic) bond motifs is 2. The number of halogens is 1. The van der Waals surface area contributed by atoms with Crippen molar-refractivity contribution in [2.45, 2.75) is 26.7 Å². The van der Waals surface area contributed by atoms with Crippen molar-refractivity contribution in [3.8, 4) is 11.3 Å². The standard InChI is InChI=1S/C18H19FN6/c1-9(2)15-10(3)22-13-6-5-12(23-17(13)15)16-11(19)8-25-14(16)7-21-18(20-4)24-25/h5-9,15H,1-4H3,(H,20,24). The van der Waals surface area contributed by atoms with Gasteiger partial charge in [-0.25, -0.2) is 18.9 Å². The van der Waals surface area contributed by atoms with Crippen molar-refractivity contribution in [1.82, 2.24) is 19.6 Å². The number of hydrogen-bond acceptors (Lipinski definition) is 5. The lowest BCUT2D eigenvalue weighted by Gasteiger charge is -2.16. The molecule has 0 aromatic carbocycles. The predicted octanol–water partition coefficient (Wildman–Crippen LogP) is 3.82. The Balaban J connectivity index is 1.88. The van der Waals surface area contributed by atoms with Gasteiger partial charge in [-0.1, -0.05) is 13.8 Å². The predicted molar refractivity (Wildman–Crippen MR) is 96.1 cm³/mol. The van der Waals surface area contributed by atoms with Gasteiger partial charge in [-0.05, 0) is 25.0 Å². The van der Waals surface area contributed by atoms with Gasteiger partial charge in [0.1, 0.15) is 0 Å². The first-order valence-electron chi connectivity index (χ1n) is 8.27. The van der Waals surface area contributed by atoms with E-state index in [1.54, 1.807) is 13.2 Å². The van der Waals surface area contributed by atoms with Gasteiger partial charge in [-0.15, -0.1) is 5.10 Å². The van der Waals surface area contributed by atoms with Crippen molar-refractivity contribution in [3.63, 3.8) is 0 Å². The molecule has 0 saturated carbocycles. The number of rotatable bonds is 3. The molecule has 4 heterocycles. The van der Waals surface area contributed by atoms with E-state index in [-0.39, 0.29) is 11.7 Å². The Morgan fingerprint density at radius 2 is 2.08 bits per heavy atom. The average molecular weight is 338 g/mol. The molecule has 7 heteroatoms. The number of aromatic nitrogens is 4. The van der Waals surface area contributed by atoms with E-state index in [9.17, 15) is 4.39 Å². The molecule has 1 unspecified atom stereocenters. The third-order valence-electron chi connectivity index (χ3n) is 4.58. The van der Waals surface area contributed by atoms with Crippen LogP contribution in [0.3, 0.4) is 0 Å². The van der Waals surface area contributed by atoms with Crippen LogP contribution in [0.4, 0.5) is 16.0 Å². The monoisotopic (exact) mass is 338 g/mol. The first kappa shape index (κ1) is 15.7. The highest BCUT2D eigenvalue weighted by atomic mass is 19.1. The molecule has 3 aromatic heterocycles. The lowest BCUT2D eigenvalue weighted by Crippen LogP contribution is -2.13. The lowest BCUT2D eigenvalue weighted by atomic mass is 9.89. The molecule has 0 amide bonds. The molecule has 1 atom stereocenters.